The lowest BCUT2D eigenvalue weighted by atomic mass is 10.1. The minimum atomic E-state index is -3.28. The van der Waals surface area contributed by atoms with E-state index in [2.05, 4.69) is 248 Å². The molecule has 0 fully saturated rings. The second-order valence-corrected chi connectivity index (χ2v) is 23.7. The number of anilines is 6. The topological polar surface area (TPSA) is 70.3 Å². The van der Waals surface area contributed by atoms with E-state index in [9.17, 15) is 5.26 Å². The molecule has 9 heteroatoms. The van der Waals surface area contributed by atoms with Crippen LogP contribution in [0.25, 0.3) is 59.8 Å². The van der Waals surface area contributed by atoms with E-state index in [1.165, 1.54) is 0 Å². The standard InChI is InChI=1S/C72H48N8Si/c1-74-52-32-36-56(37-33-52)78(58-39-43-70-66(47-58)64-27-15-17-29-68(64)80(70)54-20-8-3-9-21-54)60-41-45-72(76-50-60)81(61-22-10-4-11-23-61,62-24-12-5-13-25-62)71-44-40-59(49-75-71)77(55-34-30-51(48-73)31-35-55)57-38-42-69-65(46-57)63-26-14-16-28-67(63)79(69)53-18-6-2-7-19-53/h2-47,49-50H. The van der Waals surface area contributed by atoms with Gasteiger partial charge >= 0.3 is 0 Å². The first kappa shape index (κ1) is 48.3. The Bertz CT molecular complexity index is 4380. The molecule has 0 amide bonds. The van der Waals surface area contributed by atoms with Crippen LogP contribution in [-0.2, 0) is 0 Å². The van der Waals surface area contributed by atoms with Gasteiger partial charge in [0.05, 0.1) is 64.0 Å². The second kappa shape index (κ2) is 20.4. The zero-order chi connectivity index (χ0) is 54.3. The highest BCUT2D eigenvalue weighted by Gasteiger charge is 2.44. The largest absolute Gasteiger partial charge is 0.309 e. The molecule has 0 unspecified atom stereocenters. The summed E-state index contributed by atoms with van der Waals surface area (Å²) in [6.07, 6.45) is 3.99. The van der Waals surface area contributed by atoms with Crippen molar-refractivity contribution in [1.82, 2.24) is 19.1 Å². The van der Waals surface area contributed by atoms with Crippen molar-refractivity contribution < 1.29 is 0 Å². The number of nitrogens with zero attached hydrogens (tertiary/aromatic N) is 8. The molecule has 10 aromatic carbocycles. The predicted octanol–water partition coefficient (Wildman–Crippen LogP) is 15.4. The summed E-state index contributed by atoms with van der Waals surface area (Å²) in [5, 5.41) is 18.6. The van der Waals surface area contributed by atoms with Crippen molar-refractivity contribution in [3.63, 3.8) is 0 Å². The van der Waals surface area contributed by atoms with Crippen molar-refractivity contribution >= 4 is 113 Å². The van der Waals surface area contributed by atoms with Crippen LogP contribution in [0.1, 0.15) is 5.56 Å². The van der Waals surface area contributed by atoms with E-state index in [-0.39, 0.29) is 0 Å². The van der Waals surface area contributed by atoms with E-state index in [0.29, 0.717) is 11.3 Å². The summed E-state index contributed by atoms with van der Waals surface area (Å²) in [5.41, 5.74) is 13.3. The van der Waals surface area contributed by atoms with Crippen molar-refractivity contribution in [2.45, 2.75) is 0 Å². The van der Waals surface area contributed by atoms with E-state index >= 15 is 0 Å². The van der Waals surface area contributed by atoms with Gasteiger partial charge in [0.2, 0.25) is 8.07 Å². The van der Waals surface area contributed by atoms with Crippen LogP contribution in [0, 0.1) is 17.9 Å². The maximum absolute atomic E-state index is 9.88. The molecule has 0 saturated heterocycles. The van der Waals surface area contributed by atoms with Gasteiger partial charge in [-0.15, -0.1) is 0 Å². The highest BCUT2D eigenvalue weighted by molar-refractivity contribution is 7.19. The van der Waals surface area contributed by atoms with Crippen LogP contribution in [0.5, 0.6) is 0 Å². The molecule has 0 saturated carbocycles. The van der Waals surface area contributed by atoms with Gasteiger partial charge in [-0.2, -0.15) is 5.26 Å². The first-order valence-corrected chi connectivity index (χ1v) is 28.9. The van der Waals surface area contributed by atoms with Crippen LogP contribution < -0.4 is 30.8 Å². The molecular formula is C72H48N8Si. The number of aromatic nitrogens is 4. The summed E-state index contributed by atoms with van der Waals surface area (Å²) in [6.45, 7) is 7.77. The molecule has 81 heavy (non-hydrogen) atoms. The van der Waals surface area contributed by atoms with Gasteiger partial charge in [0.25, 0.3) is 0 Å². The highest BCUT2D eigenvalue weighted by atomic mass is 28.3. The molecule has 0 aliphatic rings. The first-order valence-electron chi connectivity index (χ1n) is 26.9. The number of hydrogen-bond donors (Lipinski definition) is 0. The molecule has 4 aromatic heterocycles. The zero-order valence-corrected chi connectivity index (χ0v) is 44.8. The van der Waals surface area contributed by atoms with Crippen molar-refractivity contribution in [2.75, 3.05) is 9.80 Å². The third-order valence-corrected chi connectivity index (χ3v) is 20.1. The van der Waals surface area contributed by atoms with Crippen LogP contribution in [-0.4, -0.2) is 27.2 Å². The SMILES string of the molecule is [C-]#[N+]c1ccc(N(c2ccc([Si](c3ccccc3)(c3ccccc3)c3ccc(N(c4ccc(C#N)cc4)c4ccc5c(c4)c4ccccc4n5-c4ccccc4)cn3)nc2)c2ccc3c(c2)c2ccccc2n3-c2ccccc2)cc1. The quantitative estimate of drug-likeness (QED) is 0.0901. The molecule has 0 N–H and O–H groups in total. The Morgan fingerprint density at radius 2 is 0.741 bits per heavy atom. The number of pyridine rings is 2. The Morgan fingerprint density at radius 3 is 1.15 bits per heavy atom. The van der Waals surface area contributed by atoms with Crippen molar-refractivity contribution in [2.24, 2.45) is 0 Å². The zero-order valence-electron chi connectivity index (χ0n) is 43.8. The van der Waals surface area contributed by atoms with Gasteiger partial charge < -0.3 is 18.9 Å². The molecule has 14 rings (SSSR count). The van der Waals surface area contributed by atoms with E-state index in [0.717, 1.165) is 110 Å². The lowest BCUT2D eigenvalue weighted by Crippen LogP contribution is -2.76. The van der Waals surface area contributed by atoms with Gasteiger partial charge in [-0.3, -0.25) is 9.97 Å². The number of nitriles is 1. The van der Waals surface area contributed by atoms with Crippen LogP contribution in [0.4, 0.5) is 39.8 Å². The number of hydrogen-bond acceptors (Lipinski definition) is 5. The Balaban J connectivity index is 0.919. The lowest BCUT2D eigenvalue weighted by Gasteiger charge is -2.33. The summed E-state index contributed by atoms with van der Waals surface area (Å²) in [4.78, 5) is 19.3. The van der Waals surface area contributed by atoms with Crippen molar-refractivity contribution in [3.8, 4) is 17.4 Å². The van der Waals surface area contributed by atoms with Gasteiger partial charge in [-0.05, 0) is 144 Å². The van der Waals surface area contributed by atoms with E-state index in [4.69, 9.17) is 16.5 Å². The minimum Gasteiger partial charge on any atom is -0.309 e. The van der Waals surface area contributed by atoms with Crippen molar-refractivity contribution in [3.05, 3.63) is 308 Å². The molecule has 0 spiro atoms. The fraction of sp³-hybridized carbons (Fsp3) is 0. The maximum atomic E-state index is 9.88. The fourth-order valence-corrected chi connectivity index (χ4v) is 16.3. The molecule has 0 radical (unpaired) electrons. The maximum Gasteiger partial charge on any atom is 0.223 e. The number of benzene rings is 10. The van der Waals surface area contributed by atoms with Gasteiger partial charge in [-0.1, -0.05) is 146 Å². The van der Waals surface area contributed by atoms with Gasteiger partial charge in [-0.25, -0.2) is 4.85 Å². The summed E-state index contributed by atoms with van der Waals surface area (Å²) >= 11 is 0. The number of rotatable bonds is 12. The molecule has 0 bridgehead atoms. The average Bonchev–Trinajstić information content (AvgIpc) is 4.30. The van der Waals surface area contributed by atoms with Crippen molar-refractivity contribution in [1.29, 1.82) is 5.26 Å². The molecule has 380 valence electrons. The van der Waals surface area contributed by atoms with E-state index in [1.54, 1.807) is 0 Å². The summed E-state index contributed by atoms with van der Waals surface area (Å²) in [6, 6.07) is 99.5. The monoisotopic (exact) mass is 1050 g/mol. The van der Waals surface area contributed by atoms with E-state index < -0.39 is 8.07 Å². The molecule has 0 aliphatic heterocycles. The molecule has 4 heterocycles. The lowest BCUT2D eigenvalue weighted by molar-refractivity contribution is 1.18. The van der Waals surface area contributed by atoms with Crippen LogP contribution in [0.2, 0.25) is 0 Å². The number of para-hydroxylation sites is 4. The first-order chi connectivity index (χ1) is 40.1. The smallest absolute Gasteiger partial charge is 0.223 e. The predicted molar refractivity (Wildman–Crippen MR) is 335 cm³/mol. The minimum absolute atomic E-state index is 0.571. The Hall–Kier alpha value is -11.1. The summed E-state index contributed by atoms with van der Waals surface area (Å²) in [5.74, 6) is 0. The average molecular weight is 1050 g/mol. The van der Waals surface area contributed by atoms with Crippen LogP contribution in [0.3, 0.4) is 0 Å². The molecule has 0 atom stereocenters. The molecule has 8 nitrogen and oxygen atoms in total. The van der Waals surface area contributed by atoms with Gasteiger partial charge in [0.15, 0.2) is 5.69 Å². The summed E-state index contributed by atoms with van der Waals surface area (Å²) in [7, 11) is -3.28. The van der Waals surface area contributed by atoms with Crippen LogP contribution >= 0.6 is 0 Å². The van der Waals surface area contributed by atoms with E-state index in [1.807, 2.05) is 73.1 Å². The third-order valence-electron chi connectivity index (χ3n) is 15.5. The normalized spacial score (nSPS) is 11.4. The van der Waals surface area contributed by atoms with Gasteiger partial charge in [0.1, 0.15) is 0 Å². The number of fused-ring (bicyclic) bond motifs is 6. The highest BCUT2D eigenvalue weighted by Crippen LogP contribution is 2.42. The Morgan fingerprint density at radius 1 is 0.370 bits per heavy atom. The molecular weight excluding hydrogens is 1000 g/mol. The molecule has 14 aromatic rings. The Labute approximate surface area is 470 Å². The second-order valence-electron chi connectivity index (χ2n) is 20.0. The van der Waals surface area contributed by atoms with Crippen LogP contribution in [0.15, 0.2) is 291 Å². The van der Waals surface area contributed by atoms with Gasteiger partial charge in [0, 0.05) is 66.3 Å². The summed E-state index contributed by atoms with van der Waals surface area (Å²) < 4.78 is 4.65. The third kappa shape index (κ3) is 8.29. The fourth-order valence-electron chi connectivity index (χ4n) is 11.9. The Kier molecular flexibility index (Phi) is 12.1. The molecule has 0 aliphatic carbocycles.